The van der Waals surface area contributed by atoms with Crippen molar-refractivity contribution >= 4 is 29.9 Å². The second kappa shape index (κ2) is 8.78. The van der Waals surface area contributed by atoms with E-state index in [2.05, 4.69) is 23.8 Å². The van der Waals surface area contributed by atoms with Crippen LogP contribution in [-0.2, 0) is 0 Å². The molecule has 0 radical (unpaired) electrons. The van der Waals surface area contributed by atoms with E-state index >= 15 is 0 Å². The van der Waals surface area contributed by atoms with Gasteiger partial charge in [0.1, 0.15) is 0 Å². The van der Waals surface area contributed by atoms with Crippen LogP contribution in [0.5, 0.6) is 0 Å². The van der Waals surface area contributed by atoms with Gasteiger partial charge in [0.15, 0.2) is 5.96 Å². The molecule has 3 nitrogen and oxygen atoms in total. The van der Waals surface area contributed by atoms with Crippen molar-refractivity contribution in [2.45, 2.75) is 39.5 Å². The molecule has 0 bridgehead atoms. The lowest BCUT2D eigenvalue weighted by Gasteiger charge is -2.26. The van der Waals surface area contributed by atoms with Gasteiger partial charge in [0.25, 0.3) is 0 Å². The Hall–Kier alpha value is -0.260. The molecule has 0 atom stereocenters. The van der Waals surface area contributed by atoms with Crippen LogP contribution in [0.3, 0.4) is 0 Å². The van der Waals surface area contributed by atoms with Crippen LogP contribution in [0, 0.1) is 11.8 Å². The summed E-state index contributed by atoms with van der Waals surface area (Å²) in [5.41, 5.74) is 6.80. The van der Waals surface area contributed by atoms with Crippen molar-refractivity contribution in [1.82, 2.24) is 5.32 Å². The van der Waals surface area contributed by atoms with E-state index in [0.717, 1.165) is 24.0 Å². The highest BCUT2D eigenvalue weighted by atomic mass is 127. The smallest absolute Gasteiger partial charge is 0.188 e. The highest BCUT2D eigenvalue weighted by molar-refractivity contribution is 14.0. The van der Waals surface area contributed by atoms with E-state index in [1.54, 1.807) is 0 Å². The molecule has 0 unspecified atom stereocenters. The second-order valence-electron chi connectivity index (χ2n) is 5.17. The van der Waals surface area contributed by atoms with Crippen molar-refractivity contribution in [3.63, 3.8) is 0 Å². The number of nitrogens with one attached hydrogen (secondary N) is 1. The molecule has 0 aliphatic heterocycles. The lowest BCUT2D eigenvalue weighted by Crippen LogP contribution is -2.36. The molecular formula is C13H26IN3. The van der Waals surface area contributed by atoms with Gasteiger partial charge in [0, 0.05) is 6.54 Å². The third-order valence-electron chi connectivity index (χ3n) is 3.23. The van der Waals surface area contributed by atoms with Crippen molar-refractivity contribution in [2.75, 3.05) is 13.1 Å². The van der Waals surface area contributed by atoms with Gasteiger partial charge in [0.05, 0.1) is 6.54 Å². The summed E-state index contributed by atoms with van der Waals surface area (Å²) in [5.74, 6) is 2.24. The minimum atomic E-state index is 0. The van der Waals surface area contributed by atoms with Crippen molar-refractivity contribution in [2.24, 2.45) is 22.6 Å². The summed E-state index contributed by atoms with van der Waals surface area (Å²) < 4.78 is 0. The van der Waals surface area contributed by atoms with Gasteiger partial charge in [-0.2, -0.15) is 0 Å². The predicted octanol–water partition coefficient (Wildman–Crippen LogP) is 2.91. The minimum Gasteiger partial charge on any atom is -0.370 e. The Morgan fingerprint density at radius 1 is 1.35 bits per heavy atom. The number of rotatable bonds is 4. The van der Waals surface area contributed by atoms with Gasteiger partial charge in [-0.05, 0) is 31.6 Å². The molecule has 0 heterocycles. The number of guanidine groups is 1. The normalized spacial score (nSPS) is 24.9. The Balaban J connectivity index is 0.00000256. The van der Waals surface area contributed by atoms with Crippen LogP contribution in [0.25, 0.3) is 0 Å². The summed E-state index contributed by atoms with van der Waals surface area (Å²) in [6, 6.07) is 0. The lowest BCUT2D eigenvalue weighted by molar-refractivity contribution is 0.290. The van der Waals surface area contributed by atoms with Gasteiger partial charge < -0.3 is 11.1 Å². The average Bonchev–Trinajstić information content (AvgIpc) is 2.25. The highest BCUT2D eigenvalue weighted by Gasteiger charge is 2.17. The molecule has 4 heteroatoms. The Kier molecular flexibility index (Phi) is 8.64. The number of nitrogens with two attached hydrogens (primary N) is 1. The van der Waals surface area contributed by atoms with E-state index in [0.29, 0.717) is 12.5 Å². The van der Waals surface area contributed by atoms with Gasteiger partial charge >= 0.3 is 0 Å². The van der Waals surface area contributed by atoms with E-state index in [1.165, 1.54) is 25.7 Å². The fourth-order valence-electron chi connectivity index (χ4n) is 2.06. The van der Waals surface area contributed by atoms with Crippen molar-refractivity contribution in [3.05, 3.63) is 12.2 Å². The first-order valence-electron chi connectivity index (χ1n) is 6.26. The SMILES string of the molecule is C=C(C)CN=C(N)NCC1CCC(C)CC1.I. The molecule has 1 aliphatic rings. The van der Waals surface area contributed by atoms with Gasteiger partial charge in [-0.3, -0.25) is 0 Å². The minimum absolute atomic E-state index is 0. The molecule has 0 spiro atoms. The van der Waals surface area contributed by atoms with Crippen LogP contribution in [0.1, 0.15) is 39.5 Å². The Labute approximate surface area is 122 Å². The molecule has 0 aromatic carbocycles. The molecule has 0 aromatic heterocycles. The van der Waals surface area contributed by atoms with E-state index in [9.17, 15) is 0 Å². The molecule has 1 aliphatic carbocycles. The highest BCUT2D eigenvalue weighted by Crippen LogP contribution is 2.27. The van der Waals surface area contributed by atoms with Crippen LogP contribution in [-0.4, -0.2) is 19.0 Å². The average molecular weight is 351 g/mol. The number of aliphatic imine (C=N–C) groups is 1. The first-order valence-corrected chi connectivity index (χ1v) is 6.26. The Morgan fingerprint density at radius 2 is 1.94 bits per heavy atom. The van der Waals surface area contributed by atoms with Gasteiger partial charge in [-0.1, -0.05) is 31.9 Å². The second-order valence-corrected chi connectivity index (χ2v) is 5.17. The number of hydrogen-bond donors (Lipinski definition) is 2. The molecule has 1 fully saturated rings. The Bertz CT molecular complexity index is 255. The maximum absolute atomic E-state index is 5.76. The first-order chi connectivity index (χ1) is 7.58. The quantitative estimate of drug-likeness (QED) is 0.354. The zero-order valence-electron chi connectivity index (χ0n) is 11.0. The van der Waals surface area contributed by atoms with Crippen LogP contribution in [0.2, 0.25) is 0 Å². The number of hydrogen-bond acceptors (Lipinski definition) is 1. The summed E-state index contributed by atoms with van der Waals surface area (Å²) in [6.07, 6.45) is 5.36. The van der Waals surface area contributed by atoms with Crippen LogP contribution in [0.15, 0.2) is 17.1 Å². The van der Waals surface area contributed by atoms with Crippen LogP contribution >= 0.6 is 24.0 Å². The molecule has 0 saturated heterocycles. The topological polar surface area (TPSA) is 50.4 Å². The first kappa shape index (κ1) is 16.7. The van der Waals surface area contributed by atoms with Gasteiger partial charge in [-0.15, -0.1) is 24.0 Å². The van der Waals surface area contributed by atoms with E-state index in [4.69, 9.17) is 5.73 Å². The summed E-state index contributed by atoms with van der Waals surface area (Å²) in [6.45, 7) is 9.69. The summed E-state index contributed by atoms with van der Waals surface area (Å²) in [4.78, 5) is 4.21. The largest absolute Gasteiger partial charge is 0.370 e. The zero-order chi connectivity index (χ0) is 12.0. The third kappa shape index (κ3) is 7.63. The maximum Gasteiger partial charge on any atom is 0.188 e. The zero-order valence-corrected chi connectivity index (χ0v) is 13.4. The predicted molar refractivity (Wildman–Crippen MR) is 85.8 cm³/mol. The molecule has 100 valence electrons. The molecule has 1 rings (SSSR count). The fraction of sp³-hybridized carbons (Fsp3) is 0.769. The van der Waals surface area contributed by atoms with Crippen molar-refractivity contribution in [3.8, 4) is 0 Å². The maximum atomic E-state index is 5.76. The molecule has 3 N–H and O–H groups in total. The summed E-state index contributed by atoms with van der Waals surface area (Å²) in [5, 5.41) is 3.21. The third-order valence-corrected chi connectivity index (χ3v) is 3.23. The molecule has 0 amide bonds. The lowest BCUT2D eigenvalue weighted by atomic mass is 9.83. The fourth-order valence-corrected chi connectivity index (χ4v) is 2.06. The van der Waals surface area contributed by atoms with Crippen molar-refractivity contribution < 1.29 is 0 Å². The van der Waals surface area contributed by atoms with Crippen LogP contribution in [0.4, 0.5) is 0 Å². The molecule has 17 heavy (non-hydrogen) atoms. The number of nitrogens with zero attached hydrogens (tertiary/aromatic N) is 1. The monoisotopic (exact) mass is 351 g/mol. The van der Waals surface area contributed by atoms with E-state index in [-0.39, 0.29) is 24.0 Å². The van der Waals surface area contributed by atoms with Crippen LogP contribution < -0.4 is 11.1 Å². The molecule has 1 saturated carbocycles. The van der Waals surface area contributed by atoms with Gasteiger partial charge in [0.2, 0.25) is 0 Å². The Morgan fingerprint density at radius 3 is 2.47 bits per heavy atom. The standard InChI is InChI=1S/C13H25N3.HI/c1-10(2)8-15-13(14)16-9-12-6-4-11(3)5-7-12;/h11-12H,1,4-9H2,2-3H3,(H3,14,15,16);1H. The van der Waals surface area contributed by atoms with E-state index < -0.39 is 0 Å². The molecular weight excluding hydrogens is 325 g/mol. The summed E-state index contributed by atoms with van der Waals surface area (Å²) in [7, 11) is 0. The van der Waals surface area contributed by atoms with E-state index in [1.807, 2.05) is 6.92 Å². The van der Waals surface area contributed by atoms with Gasteiger partial charge in [-0.25, -0.2) is 4.99 Å². The summed E-state index contributed by atoms with van der Waals surface area (Å²) >= 11 is 0. The molecule has 0 aromatic rings. The number of halogens is 1. The van der Waals surface area contributed by atoms with Crippen molar-refractivity contribution in [1.29, 1.82) is 0 Å².